The minimum Gasteiger partial charge on any atom is -0.383 e. The van der Waals surface area contributed by atoms with Crippen LogP contribution in [0.2, 0.25) is 0 Å². The molecule has 0 unspecified atom stereocenters. The zero-order valence-electron chi connectivity index (χ0n) is 15.4. The van der Waals surface area contributed by atoms with Gasteiger partial charge in [-0.2, -0.15) is 0 Å². The van der Waals surface area contributed by atoms with Crippen LogP contribution >= 0.6 is 11.8 Å². The van der Waals surface area contributed by atoms with Crippen molar-refractivity contribution in [2.75, 3.05) is 13.7 Å². The van der Waals surface area contributed by atoms with Crippen molar-refractivity contribution in [2.45, 2.75) is 17.5 Å². The van der Waals surface area contributed by atoms with Crippen molar-refractivity contribution >= 4 is 11.8 Å². The molecule has 0 aliphatic carbocycles. The molecule has 1 aromatic carbocycles. The number of hydrogen-bond donors (Lipinski definition) is 0. The predicted octanol–water partition coefficient (Wildman–Crippen LogP) is 3.93. The number of methoxy groups -OCH3 is 1. The molecule has 0 saturated carbocycles. The Kier molecular flexibility index (Phi) is 5.79. The average Bonchev–Trinajstić information content (AvgIpc) is 3.39. The van der Waals surface area contributed by atoms with Gasteiger partial charge in [0.1, 0.15) is 11.5 Å². The van der Waals surface area contributed by atoms with Gasteiger partial charge in [-0.3, -0.25) is 9.55 Å². The molecule has 4 aromatic rings. The Morgan fingerprint density at radius 3 is 2.64 bits per heavy atom. The Morgan fingerprint density at radius 1 is 1.04 bits per heavy atom. The molecule has 28 heavy (non-hydrogen) atoms. The van der Waals surface area contributed by atoms with Gasteiger partial charge in [-0.25, -0.2) is 0 Å². The first-order valence-electron chi connectivity index (χ1n) is 8.81. The van der Waals surface area contributed by atoms with Crippen molar-refractivity contribution in [3.8, 4) is 22.6 Å². The standard InChI is InChI=1S/C20H19N5O2S/c1-26-12-11-25-19(16-7-9-21-10-8-16)22-23-20(25)28-14-17-13-18(24-27-17)15-5-3-2-4-6-15/h2-10,13H,11-12,14H2,1H3. The number of thioether (sulfide) groups is 1. The Morgan fingerprint density at radius 2 is 1.86 bits per heavy atom. The van der Waals surface area contributed by atoms with Crippen LogP contribution in [0, 0.1) is 0 Å². The Hall–Kier alpha value is -2.97. The summed E-state index contributed by atoms with van der Waals surface area (Å²) >= 11 is 1.56. The number of nitrogens with zero attached hydrogens (tertiary/aromatic N) is 5. The minimum atomic E-state index is 0.574. The van der Waals surface area contributed by atoms with E-state index in [1.165, 1.54) is 0 Å². The van der Waals surface area contributed by atoms with Crippen molar-refractivity contribution in [3.05, 3.63) is 66.7 Å². The number of hydrogen-bond acceptors (Lipinski definition) is 7. The monoisotopic (exact) mass is 393 g/mol. The zero-order chi connectivity index (χ0) is 19.2. The molecule has 7 nitrogen and oxygen atoms in total. The van der Waals surface area contributed by atoms with Crippen LogP contribution in [0.5, 0.6) is 0 Å². The summed E-state index contributed by atoms with van der Waals surface area (Å²) in [6.45, 7) is 1.24. The van der Waals surface area contributed by atoms with Crippen LogP contribution in [0.1, 0.15) is 5.76 Å². The zero-order valence-corrected chi connectivity index (χ0v) is 16.2. The van der Waals surface area contributed by atoms with Gasteiger partial charge in [-0.1, -0.05) is 47.3 Å². The Labute approximate surface area is 166 Å². The van der Waals surface area contributed by atoms with Crippen molar-refractivity contribution in [1.29, 1.82) is 0 Å². The largest absolute Gasteiger partial charge is 0.383 e. The van der Waals surface area contributed by atoms with Crippen molar-refractivity contribution in [2.24, 2.45) is 0 Å². The average molecular weight is 393 g/mol. The van der Waals surface area contributed by atoms with Crippen LogP contribution in [0.4, 0.5) is 0 Å². The Bertz CT molecular complexity index is 1020. The fourth-order valence-corrected chi connectivity index (χ4v) is 3.60. The summed E-state index contributed by atoms with van der Waals surface area (Å²) in [6.07, 6.45) is 3.49. The third-order valence-electron chi connectivity index (χ3n) is 4.15. The minimum absolute atomic E-state index is 0.574. The van der Waals surface area contributed by atoms with E-state index in [0.29, 0.717) is 18.9 Å². The molecule has 0 saturated heterocycles. The maximum atomic E-state index is 5.49. The second kappa shape index (κ2) is 8.81. The van der Waals surface area contributed by atoms with Gasteiger partial charge in [0.15, 0.2) is 11.0 Å². The van der Waals surface area contributed by atoms with Gasteiger partial charge >= 0.3 is 0 Å². The maximum Gasteiger partial charge on any atom is 0.192 e. The quantitative estimate of drug-likeness (QED) is 0.420. The third kappa shape index (κ3) is 4.13. The Balaban J connectivity index is 1.52. The van der Waals surface area contributed by atoms with Crippen LogP contribution in [0.3, 0.4) is 0 Å². The first-order chi connectivity index (χ1) is 13.8. The molecule has 3 heterocycles. The van der Waals surface area contributed by atoms with E-state index < -0.39 is 0 Å². The molecule has 0 spiro atoms. The lowest BCUT2D eigenvalue weighted by atomic mass is 10.1. The molecular weight excluding hydrogens is 374 g/mol. The van der Waals surface area contributed by atoms with Crippen LogP contribution in [0.15, 0.2) is 70.6 Å². The highest BCUT2D eigenvalue weighted by molar-refractivity contribution is 7.98. The van der Waals surface area contributed by atoms with E-state index in [4.69, 9.17) is 9.26 Å². The second-order valence-corrected chi connectivity index (χ2v) is 6.96. The maximum absolute atomic E-state index is 5.49. The molecule has 8 heteroatoms. The van der Waals surface area contributed by atoms with E-state index >= 15 is 0 Å². The molecule has 0 fully saturated rings. The van der Waals surface area contributed by atoms with Gasteiger partial charge in [0.2, 0.25) is 0 Å². The molecule has 0 N–H and O–H groups in total. The van der Waals surface area contributed by atoms with E-state index in [1.807, 2.05) is 48.5 Å². The van der Waals surface area contributed by atoms with Crippen LogP contribution in [0.25, 0.3) is 22.6 Å². The summed E-state index contributed by atoms with van der Waals surface area (Å²) in [4.78, 5) is 4.07. The van der Waals surface area contributed by atoms with Gasteiger partial charge in [0.05, 0.1) is 18.9 Å². The molecular formula is C20H19N5O2S. The van der Waals surface area contributed by atoms with Gasteiger partial charge < -0.3 is 9.26 Å². The molecule has 0 bridgehead atoms. The van der Waals surface area contributed by atoms with Crippen molar-refractivity contribution in [3.63, 3.8) is 0 Å². The lowest BCUT2D eigenvalue weighted by molar-refractivity contribution is 0.185. The molecule has 0 aliphatic heterocycles. The highest BCUT2D eigenvalue weighted by Crippen LogP contribution is 2.27. The predicted molar refractivity (Wildman–Crippen MR) is 107 cm³/mol. The van der Waals surface area contributed by atoms with E-state index in [9.17, 15) is 0 Å². The van der Waals surface area contributed by atoms with E-state index in [0.717, 1.165) is 33.6 Å². The lowest BCUT2D eigenvalue weighted by Crippen LogP contribution is -2.07. The second-order valence-electron chi connectivity index (χ2n) is 6.02. The van der Waals surface area contributed by atoms with Gasteiger partial charge in [-0.15, -0.1) is 10.2 Å². The molecule has 4 rings (SSSR count). The number of rotatable bonds is 8. The molecule has 3 aromatic heterocycles. The molecule has 142 valence electrons. The molecule has 0 aliphatic rings. The summed E-state index contributed by atoms with van der Waals surface area (Å²) in [7, 11) is 1.68. The summed E-state index contributed by atoms with van der Waals surface area (Å²) in [5.41, 5.74) is 2.83. The number of benzene rings is 1. The highest BCUT2D eigenvalue weighted by atomic mass is 32.2. The fourth-order valence-electron chi connectivity index (χ4n) is 2.76. The summed E-state index contributed by atoms with van der Waals surface area (Å²) in [5, 5.41) is 13.7. The number of aromatic nitrogens is 5. The smallest absolute Gasteiger partial charge is 0.192 e. The summed E-state index contributed by atoms with van der Waals surface area (Å²) in [6, 6.07) is 15.8. The van der Waals surface area contributed by atoms with Gasteiger partial charge in [0.25, 0.3) is 0 Å². The van der Waals surface area contributed by atoms with Crippen molar-refractivity contribution < 1.29 is 9.26 Å². The van der Waals surface area contributed by atoms with Gasteiger partial charge in [-0.05, 0) is 12.1 Å². The lowest BCUT2D eigenvalue weighted by Gasteiger charge is -2.09. The third-order valence-corrected chi connectivity index (χ3v) is 5.14. The summed E-state index contributed by atoms with van der Waals surface area (Å²) in [5.74, 6) is 2.20. The highest BCUT2D eigenvalue weighted by Gasteiger charge is 2.15. The van der Waals surface area contributed by atoms with Crippen LogP contribution in [-0.4, -0.2) is 38.6 Å². The van der Waals surface area contributed by atoms with E-state index in [1.54, 1.807) is 31.3 Å². The first-order valence-corrected chi connectivity index (χ1v) is 9.80. The van der Waals surface area contributed by atoms with Crippen LogP contribution in [-0.2, 0) is 17.0 Å². The fraction of sp³-hybridized carbons (Fsp3) is 0.200. The van der Waals surface area contributed by atoms with Gasteiger partial charge in [0, 0.05) is 36.7 Å². The summed E-state index contributed by atoms with van der Waals surface area (Å²) < 4.78 is 12.8. The topological polar surface area (TPSA) is 78.9 Å². The molecule has 0 atom stereocenters. The molecule has 0 amide bonds. The molecule has 0 radical (unpaired) electrons. The van der Waals surface area contributed by atoms with Crippen LogP contribution < -0.4 is 0 Å². The first kappa shape index (κ1) is 18.4. The van der Waals surface area contributed by atoms with Crippen molar-refractivity contribution in [1.82, 2.24) is 24.9 Å². The SMILES string of the molecule is COCCn1c(SCc2cc(-c3ccccc3)no2)nnc1-c1ccncc1. The normalized spacial score (nSPS) is 11.0. The van der Waals surface area contributed by atoms with E-state index in [-0.39, 0.29) is 0 Å². The van der Waals surface area contributed by atoms with E-state index in [2.05, 4.69) is 24.9 Å². The number of ether oxygens (including phenoxy) is 1. The number of pyridine rings is 1.